The standard InChI is InChI=1S/C27H3F48N3O6/c28-1(29)10(40,41)79-22(64,65)13(46,47)16(52,53)25(70,71)82-19(58,59)7(34,35)4-76-5(8(36,37)20(60,61)83-26(72,73)17(54,55)14(48,49)23(66,67)80-11(42,43)2(30)31)78-6(77-4)9(38,39)21(62,63)84-27(74,75)18(56,57)15(50,51)24(68,69)81-12(44,45)3(32)33/h1-3H. The minimum Gasteiger partial charge on any atom is -0.246 e. The molecule has 0 atom stereocenters. The second-order valence-corrected chi connectivity index (χ2v) is 14.3. The molecule has 0 N–H and O–H groups in total. The molecule has 0 saturated carbocycles. The maximum absolute atomic E-state index is 15.1. The first-order valence-electron chi connectivity index (χ1n) is 17.7. The lowest BCUT2D eigenvalue weighted by molar-refractivity contribution is -0.528. The predicted molar refractivity (Wildman–Crippen MR) is 145 cm³/mol. The van der Waals surface area contributed by atoms with Crippen molar-refractivity contribution >= 4 is 0 Å². The van der Waals surface area contributed by atoms with E-state index in [-0.39, 0.29) is 0 Å². The molecule has 0 bridgehead atoms. The summed E-state index contributed by atoms with van der Waals surface area (Å²) in [6.07, 6.45) is -120. The summed E-state index contributed by atoms with van der Waals surface area (Å²) in [5.41, 5.74) is 0. The summed E-state index contributed by atoms with van der Waals surface area (Å²) in [5, 5.41) is 0. The van der Waals surface area contributed by atoms with Crippen LogP contribution in [0.25, 0.3) is 0 Å². The fourth-order valence-corrected chi connectivity index (χ4v) is 3.99. The van der Waals surface area contributed by atoms with Crippen molar-refractivity contribution in [1.29, 1.82) is 0 Å². The van der Waals surface area contributed by atoms with Gasteiger partial charge in [0.2, 0.25) is 17.5 Å². The largest absolute Gasteiger partial charge is 0.431 e. The first-order valence-corrected chi connectivity index (χ1v) is 17.7. The van der Waals surface area contributed by atoms with Gasteiger partial charge in [-0.3, -0.25) is 0 Å². The third-order valence-electron chi connectivity index (χ3n) is 8.27. The maximum Gasteiger partial charge on any atom is 0.431 e. The van der Waals surface area contributed by atoms with Gasteiger partial charge in [0.1, 0.15) is 0 Å². The number of halogens is 48. The fraction of sp³-hybridized carbons (Fsp3) is 0.889. The normalized spacial score (nSPS) is 16.5. The van der Waals surface area contributed by atoms with Crippen molar-refractivity contribution in [3.05, 3.63) is 17.5 Å². The zero-order chi connectivity index (χ0) is 68.3. The minimum atomic E-state index is -9.27. The van der Waals surface area contributed by atoms with Gasteiger partial charge in [-0.15, -0.1) is 0 Å². The van der Waals surface area contributed by atoms with Gasteiger partial charge in [0.25, 0.3) is 0 Å². The van der Waals surface area contributed by atoms with Gasteiger partial charge in [-0.05, 0) is 0 Å². The topological polar surface area (TPSA) is 94.1 Å². The third kappa shape index (κ3) is 12.9. The molecule has 0 aromatic carbocycles. The van der Waals surface area contributed by atoms with Gasteiger partial charge in [0.05, 0.1) is 0 Å². The van der Waals surface area contributed by atoms with Crippen molar-refractivity contribution in [1.82, 2.24) is 15.0 Å². The third-order valence-corrected chi connectivity index (χ3v) is 8.27. The lowest BCUT2D eigenvalue weighted by atomic mass is 10.1. The van der Waals surface area contributed by atoms with Crippen LogP contribution in [0.2, 0.25) is 0 Å². The zero-order valence-corrected chi connectivity index (χ0v) is 35.7. The van der Waals surface area contributed by atoms with Crippen molar-refractivity contribution in [2.24, 2.45) is 0 Å². The smallest absolute Gasteiger partial charge is 0.246 e. The molecule has 1 aromatic rings. The Morgan fingerprint density at radius 1 is 0.190 bits per heavy atom. The Balaban J connectivity index is 4.57. The molecule has 1 heterocycles. The SMILES string of the molecule is FC(F)C(F)(F)OC(F)(F)C(F)(F)C(F)(F)C(F)(F)OC(F)(F)C(F)(F)c1nc(C(F)(F)C(F)(F)OC(F)(F)C(F)(F)C(F)(F)C(F)(F)OC(F)(F)C(F)F)nc(C(F)(F)C(F)(F)OC(F)(F)C(F)(F)C(F)(F)C(F)(F)OC(F)(F)C(F)F)n1. The second kappa shape index (κ2) is 21.3. The van der Waals surface area contributed by atoms with Gasteiger partial charge in [-0.1, -0.05) is 0 Å². The van der Waals surface area contributed by atoms with E-state index in [1.807, 2.05) is 0 Å². The van der Waals surface area contributed by atoms with Crippen LogP contribution in [0.1, 0.15) is 17.5 Å². The minimum absolute atomic E-state index is 0.403. The van der Waals surface area contributed by atoms with Crippen LogP contribution < -0.4 is 0 Å². The van der Waals surface area contributed by atoms with E-state index in [9.17, 15) is 184 Å². The number of alkyl halides is 48. The molecule has 0 aliphatic carbocycles. The quantitative estimate of drug-likeness (QED) is 0.0698. The second-order valence-electron chi connectivity index (χ2n) is 14.3. The number of hydrogen-bond acceptors (Lipinski definition) is 9. The molecule has 1 aromatic heterocycles. The molecule has 0 unspecified atom stereocenters. The highest BCUT2D eigenvalue weighted by Crippen LogP contribution is 2.62. The Bertz CT molecular complexity index is 2180. The molecule has 1 rings (SSSR count). The van der Waals surface area contributed by atoms with E-state index in [2.05, 4.69) is 0 Å². The number of ether oxygens (including phenoxy) is 6. The Morgan fingerprint density at radius 2 is 0.310 bits per heavy atom. The Morgan fingerprint density at radius 3 is 0.429 bits per heavy atom. The lowest BCUT2D eigenvalue weighted by Gasteiger charge is -2.39. The van der Waals surface area contributed by atoms with Crippen LogP contribution in [-0.2, 0) is 46.2 Å². The van der Waals surface area contributed by atoms with Gasteiger partial charge in [0.15, 0.2) is 0 Å². The van der Waals surface area contributed by atoms with Crippen molar-refractivity contribution < 1.29 is 239 Å². The predicted octanol–water partition coefficient (Wildman–Crippen LogP) is 15.0. The molecule has 84 heavy (non-hydrogen) atoms. The molecule has 0 fully saturated rings. The number of hydrogen-bond donors (Lipinski definition) is 0. The van der Waals surface area contributed by atoms with Crippen LogP contribution in [0.5, 0.6) is 0 Å². The number of rotatable bonds is 30. The van der Waals surface area contributed by atoms with Crippen LogP contribution in [0.3, 0.4) is 0 Å². The molecule has 0 amide bonds. The Hall–Kier alpha value is -4.59. The molecule has 57 heteroatoms. The van der Waals surface area contributed by atoms with Crippen LogP contribution in [0.4, 0.5) is 211 Å². The van der Waals surface area contributed by atoms with Crippen molar-refractivity contribution in [2.45, 2.75) is 146 Å². The Kier molecular flexibility index (Phi) is 19.7. The summed E-state index contributed by atoms with van der Waals surface area (Å²) in [7, 11) is 0. The zero-order valence-electron chi connectivity index (χ0n) is 35.7. The Labute approximate surface area is 418 Å². The van der Waals surface area contributed by atoms with Gasteiger partial charge in [-0.25, -0.2) is 69.7 Å². The van der Waals surface area contributed by atoms with Gasteiger partial charge >= 0.3 is 146 Å². The average molecular weight is 1380 g/mol. The summed E-state index contributed by atoms with van der Waals surface area (Å²) in [6, 6.07) is 0. The van der Waals surface area contributed by atoms with E-state index >= 15 is 26.3 Å². The molecule has 0 aliphatic heterocycles. The summed E-state index contributed by atoms with van der Waals surface area (Å²) in [6.45, 7) is 0. The first-order chi connectivity index (χ1) is 35.9. The monoisotopic (exact) mass is 1380 g/mol. The highest BCUT2D eigenvalue weighted by atomic mass is 19.4. The van der Waals surface area contributed by atoms with E-state index in [4.69, 9.17) is 0 Å². The number of nitrogens with zero attached hydrogens (tertiary/aromatic N) is 3. The van der Waals surface area contributed by atoms with E-state index < -0.39 is 163 Å². The van der Waals surface area contributed by atoms with E-state index in [1.54, 1.807) is 0 Å². The molecule has 9 nitrogen and oxygen atoms in total. The summed E-state index contributed by atoms with van der Waals surface area (Å²) in [4.78, 5) is 1.21. The van der Waals surface area contributed by atoms with Crippen molar-refractivity contribution in [3.8, 4) is 0 Å². The molecule has 0 saturated heterocycles. The van der Waals surface area contributed by atoms with E-state index in [0.717, 1.165) is 28.4 Å². The highest BCUT2D eigenvalue weighted by Gasteiger charge is 2.89. The molecular formula is C27H3F48N3O6. The molecule has 498 valence electrons. The molecule has 0 spiro atoms. The summed E-state index contributed by atoms with van der Waals surface area (Å²) < 4.78 is 667. The summed E-state index contributed by atoms with van der Waals surface area (Å²) >= 11 is 0. The van der Waals surface area contributed by atoms with Crippen LogP contribution >= 0.6 is 0 Å². The maximum atomic E-state index is 15.1. The average Bonchev–Trinajstić information content (AvgIpc) is 3.23. The van der Waals surface area contributed by atoms with Crippen molar-refractivity contribution in [3.63, 3.8) is 0 Å². The van der Waals surface area contributed by atoms with Crippen LogP contribution in [0, 0.1) is 0 Å². The van der Waals surface area contributed by atoms with E-state index in [1.165, 1.54) is 0 Å². The lowest BCUT2D eigenvalue weighted by Crippen LogP contribution is -2.66. The van der Waals surface area contributed by atoms with E-state index in [0.29, 0.717) is 15.0 Å². The van der Waals surface area contributed by atoms with Gasteiger partial charge < -0.3 is 0 Å². The molecule has 0 aliphatic rings. The van der Waals surface area contributed by atoms with Gasteiger partial charge in [0, 0.05) is 0 Å². The van der Waals surface area contributed by atoms with Gasteiger partial charge in [-0.2, -0.15) is 184 Å². The first kappa shape index (κ1) is 77.4. The highest BCUT2D eigenvalue weighted by molar-refractivity contribution is 5.15. The fourth-order valence-electron chi connectivity index (χ4n) is 3.99. The van der Waals surface area contributed by atoms with Crippen molar-refractivity contribution in [2.75, 3.05) is 0 Å². The molecular weight excluding hydrogens is 1370 g/mol. The van der Waals surface area contributed by atoms with Crippen LogP contribution in [-0.4, -0.2) is 143 Å². The molecule has 0 radical (unpaired) electrons. The summed E-state index contributed by atoms with van der Waals surface area (Å²) in [5.74, 6) is -98.3. The number of aromatic nitrogens is 3. The van der Waals surface area contributed by atoms with Crippen LogP contribution in [0.15, 0.2) is 0 Å².